The molecule has 0 bridgehead atoms. The lowest BCUT2D eigenvalue weighted by Gasteiger charge is -2.28. The van der Waals surface area contributed by atoms with Crippen molar-refractivity contribution in [2.75, 3.05) is 5.50 Å². The van der Waals surface area contributed by atoms with Crippen LogP contribution >= 0.6 is 11.6 Å². The van der Waals surface area contributed by atoms with Gasteiger partial charge in [-0.05, 0) is 25.9 Å². The first kappa shape index (κ1) is 20.5. The van der Waals surface area contributed by atoms with Crippen LogP contribution in [-0.4, -0.2) is 19.9 Å². The van der Waals surface area contributed by atoms with Crippen molar-refractivity contribution in [3.8, 4) is 0 Å². The smallest absolute Gasteiger partial charge is 0.201 e. The molecule has 3 heteroatoms. The molecule has 1 unspecified atom stereocenters. The van der Waals surface area contributed by atoms with Crippen LogP contribution in [0.5, 0.6) is 0 Å². The van der Waals surface area contributed by atoms with Crippen LogP contribution in [0.1, 0.15) is 84.5 Å². The third kappa shape index (κ3) is 12.2. The maximum atomic E-state index is 6.34. The maximum Gasteiger partial charge on any atom is 0.201 e. The Morgan fingerprint density at radius 3 is 1.85 bits per heavy atom. The van der Waals surface area contributed by atoms with Crippen LogP contribution in [0.3, 0.4) is 0 Å². The van der Waals surface area contributed by atoms with Crippen molar-refractivity contribution in [1.29, 1.82) is 0 Å². The van der Waals surface area contributed by atoms with Crippen molar-refractivity contribution < 1.29 is 4.43 Å². The van der Waals surface area contributed by atoms with Crippen LogP contribution in [0.2, 0.25) is 13.1 Å². The van der Waals surface area contributed by atoms with Crippen molar-refractivity contribution in [2.45, 2.75) is 104 Å². The van der Waals surface area contributed by atoms with E-state index in [2.05, 4.69) is 26.9 Å². The average molecular weight is 321 g/mol. The van der Waals surface area contributed by atoms with Gasteiger partial charge in [-0.3, -0.25) is 0 Å². The first-order chi connectivity index (χ1) is 9.55. The Hall–Kier alpha value is 0.467. The van der Waals surface area contributed by atoms with Gasteiger partial charge in [0.2, 0.25) is 8.32 Å². The summed E-state index contributed by atoms with van der Waals surface area (Å²) >= 11 is 6.04. The van der Waals surface area contributed by atoms with Gasteiger partial charge in [0.15, 0.2) is 0 Å². The zero-order chi connectivity index (χ0) is 15.3. The molecular formula is C17H37ClOSi. The molecule has 0 aromatic rings. The number of hydrogen-bond donors (Lipinski definition) is 0. The number of halogens is 1. The molecule has 0 saturated carbocycles. The molecule has 0 aromatic heterocycles. The SMILES string of the molecule is CCCCCCCCCC(CCCC)O[Si](C)(C)CCl. The Balaban J connectivity index is 3.80. The molecule has 0 heterocycles. The summed E-state index contributed by atoms with van der Waals surface area (Å²) in [5, 5.41) is 0. The molecule has 0 saturated heterocycles. The van der Waals surface area contributed by atoms with Crippen molar-refractivity contribution in [3.63, 3.8) is 0 Å². The van der Waals surface area contributed by atoms with Crippen LogP contribution in [0.4, 0.5) is 0 Å². The Kier molecular flexibility index (Phi) is 13.5. The number of rotatable bonds is 14. The second-order valence-corrected chi connectivity index (χ2v) is 11.5. The highest BCUT2D eigenvalue weighted by atomic mass is 35.5. The summed E-state index contributed by atoms with van der Waals surface area (Å²) in [4.78, 5) is 0. The van der Waals surface area contributed by atoms with Gasteiger partial charge in [-0.25, -0.2) is 0 Å². The van der Waals surface area contributed by atoms with Crippen molar-refractivity contribution in [1.82, 2.24) is 0 Å². The lowest BCUT2D eigenvalue weighted by molar-refractivity contribution is 0.165. The van der Waals surface area contributed by atoms with Gasteiger partial charge in [0.25, 0.3) is 0 Å². The highest BCUT2D eigenvalue weighted by molar-refractivity contribution is 6.77. The Bertz CT molecular complexity index is 209. The zero-order valence-corrected chi connectivity index (χ0v) is 16.1. The minimum absolute atomic E-state index is 0.464. The fourth-order valence-electron chi connectivity index (χ4n) is 2.51. The maximum absolute atomic E-state index is 6.34. The summed E-state index contributed by atoms with van der Waals surface area (Å²) in [7, 11) is -1.61. The topological polar surface area (TPSA) is 9.23 Å². The molecule has 1 nitrogen and oxygen atoms in total. The van der Waals surface area contributed by atoms with Gasteiger partial charge in [-0.15, -0.1) is 11.6 Å². The van der Waals surface area contributed by atoms with E-state index in [9.17, 15) is 0 Å². The predicted octanol–water partition coefficient (Wildman–Crippen LogP) is 6.69. The van der Waals surface area contributed by atoms with E-state index in [1.165, 1.54) is 70.6 Å². The van der Waals surface area contributed by atoms with Gasteiger partial charge in [-0.2, -0.15) is 0 Å². The molecule has 0 aliphatic rings. The fraction of sp³-hybridized carbons (Fsp3) is 1.00. The number of unbranched alkanes of at least 4 members (excludes halogenated alkanes) is 7. The third-order valence-electron chi connectivity index (χ3n) is 3.82. The zero-order valence-electron chi connectivity index (χ0n) is 14.3. The first-order valence-corrected chi connectivity index (χ1v) is 12.4. The fourth-order valence-corrected chi connectivity index (χ4v) is 3.90. The number of hydrogen-bond acceptors (Lipinski definition) is 1. The van der Waals surface area contributed by atoms with Crippen molar-refractivity contribution in [2.24, 2.45) is 0 Å². The molecule has 20 heavy (non-hydrogen) atoms. The summed E-state index contributed by atoms with van der Waals surface area (Å²) < 4.78 is 6.34. The second kappa shape index (κ2) is 13.2. The van der Waals surface area contributed by atoms with Gasteiger partial charge >= 0.3 is 0 Å². The van der Waals surface area contributed by atoms with Crippen LogP contribution in [-0.2, 0) is 4.43 Å². The van der Waals surface area contributed by atoms with Gasteiger partial charge in [0.1, 0.15) is 0 Å². The molecule has 0 aromatic carbocycles. The van der Waals surface area contributed by atoms with E-state index >= 15 is 0 Å². The average Bonchev–Trinajstić information content (AvgIpc) is 2.43. The molecule has 0 amide bonds. The molecule has 0 spiro atoms. The van der Waals surface area contributed by atoms with E-state index in [4.69, 9.17) is 16.0 Å². The molecule has 122 valence electrons. The van der Waals surface area contributed by atoms with Gasteiger partial charge in [-0.1, -0.05) is 71.6 Å². The predicted molar refractivity (Wildman–Crippen MR) is 95.2 cm³/mol. The standard InChI is InChI=1S/C17H37ClOSi/c1-5-7-9-10-11-12-13-15-17(14-8-6-2)19-20(3,4)16-18/h17H,5-16H2,1-4H3. The van der Waals surface area contributed by atoms with E-state index in [0.717, 1.165) is 0 Å². The summed E-state index contributed by atoms with van der Waals surface area (Å²) in [6, 6.07) is 0. The molecule has 0 aliphatic heterocycles. The minimum Gasteiger partial charge on any atom is -0.413 e. The Morgan fingerprint density at radius 1 is 0.800 bits per heavy atom. The lowest BCUT2D eigenvalue weighted by Crippen LogP contribution is -2.38. The molecule has 0 fully saturated rings. The molecule has 0 rings (SSSR count). The van der Waals surface area contributed by atoms with E-state index in [-0.39, 0.29) is 0 Å². The third-order valence-corrected chi connectivity index (χ3v) is 7.36. The molecular weight excluding hydrogens is 284 g/mol. The van der Waals surface area contributed by atoms with Gasteiger partial charge in [0.05, 0.1) is 0 Å². The van der Waals surface area contributed by atoms with Crippen molar-refractivity contribution in [3.05, 3.63) is 0 Å². The lowest BCUT2D eigenvalue weighted by atomic mass is 10.0. The largest absolute Gasteiger partial charge is 0.413 e. The van der Waals surface area contributed by atoms with E-state index in [1.54, 1.807) is 0 Å². The first-order valence-electron chi connectivity index (χ1n) is 8.79. The van der Waals surface area contributed by atoms with Crippen LogP contribution in [0.25, 0.3) is 0 Å². The van der Waals surface area contributed by atoms with Crippen molar-refractivity contribution >= 4 is 19.9 Å². The Labute approximate surface area is 133 Å². The van der Waals surface area contributed by atoms with Crippen LogP contribution in [0, 0.1) is 0 Å². The monoisotopic (exact) mass is 320 g/mol. The van der Waals surface area contributed by atoms with E-state index in [0.29, 0.717) is 11.6 Å². The van der Waals surface area contributed by atoms with Gasteiger partial charge in [0, 0.05) is 11.6 Å². The number of alkyl halides is 1. The molecule has 0 N–H and O–H groups in total. The molecule has 1 atom stereocenters. The summed E-state index contributed by atoms with van der Waals surface area (Å²) in [5.41, 5.74) is 0.715. The van der Waals surface area contributed by atoms with Crippen LogP contribution in [0.15, 0.2) is 0 Å². The quantitative estimate of drug-likeness (QED) is 0.197. The Morgan fingerprint density at radius 2 is 1.30 bits per heavy atom. The summed E-state index contributed by atoms with van der Waals surface area (Å²) in [6.07, 6.45) is 15.1. The highest BCUT2D eigenvalue weighted by Gasteiger charge is 2.25. The second-order valence-electron chi connectivity index (χ2n) is 6.69. The molecule has 0 radical (unpaired) electrons. The normalized spacial score (nSPS) is 13.7. The summed E-state index contributed by atoms with van der Waals surface area (Å²) in [5.74, 6) is 0. The highest BCUT2D eigenvalue weighted by Crippen LogP contribution is 2.20. The van der Waals surface area contributed by atoms with E-state index in [1.807, 2.05) is 0 Å². The summed E-state index contributed by atoms with van der Waals surface area (Å²) in [6.45, 7) is 9.01. The minimum atomic E-state index is -1.61. The molecule has 0 aliphatic carbocycles. The van der Waals surface area contributed by atoms with Crippen LogP contribution < -0.4 is 0 Å². The van der Waals surface area contributed by atoms with Gasteiger partial charge < -0.3 is 4.43 Å². The van der Waals surface area contributed by atoms with E-state index < -0.39 is 8.32 Å².